The van der Waals surface area contributed by atoms with Crippen molar-refractivity contribution < 1.29 is 18.7 Å². The molecule has 6 nitrogen and oxygen atoms in total. The highest BCUT2D eigenvalue weighted by Crippen LogP contribution is 2.17. The molecule has 1 aromatic carbocycles. The minimum atomic E-state index is -0.412. The number of para-hydroxylation sites is 1. The van der Waals surface area contributed by atoms with Crippen molar-refractivity contribution in [2.24, 2.45) is 0 Å². The molecule has 1 heterocycles. The van der Waals surface area contributed by atoms with E-state index in [1.54, 1.807) is 13.2 Å². The second kappa shape index (κ2) is 7.87. The first kappa shape index (κ1) is 15.6. The molecule has 0 atom stereocenters. The van der Waals surface area contributed by atoms with Crippen LogP contribution in [0, 0.1) is 0 Å². The molecule has 0 bridgehead atoms. The highest BCUT2D eigenvalue weighted by Gasteiger charge is 2.10. The van der Waals surface area contributed by atoms with Crippen LogP contribution in [0.2, 0.25) is 0 Å². The second-order valence-electron chi connectivity index (χ2n) is 4.57. The Morgan fingerprint density at radius 3 is 2.68 bits per heavy atom. The number of furan rings is 1. The normalized spacial score (nSPS) is 10.0. The molecule has 0 radical (unpaired) electrons. The molecule has 0 aliphatic heterocycles. The summed E-state index contributed by atoms with van der Waals surface area (Å²) in [6.45, 7) is 0.376. The highest BCUT2D eigenvalue weighted by molar-refractivity contribution is 5.94. The van der Waals surface area contributed by atoms with Gasteiger partial charge in [-0.15, -0.1) is 0 Å². The Kier molecular flexibility index (Phi) is 5.59. The van der Waals surface area contributed by atoms with E-state index < -0.39 is 5.91 Å². The number of ether oxygens (including phenoxy) is 1. The van der Waals surface area contributed by atoms with E-state index in [-0.39, 0.29) is 18.2 Å². The van der Waals surface area contributed by atoms with Crippen LogP contribution >= 0.6 is 0 Å². The van der Waals surface area contributed by atoms with Crippen LogP contribution in [0.15, 0.2) is 47.1 Å². The molecule has 2 amide bonds. The van der Waals surface area contributed by atoms with Crippen LogP contribution in [0.4, 0.5) is 0 Å². The maximum Gasteiger partial charge on any atom is 0.287 e. The van der Waals surface area contributed by atoms with Crippen LogP contribution in [0.1, 0.15) is 16.1 Å². The SMILES string of the molecule is COc1ccccc1CCNC(=O)CNC(=O)c1ccco1. The van der Waals surface area contributed by atoms with Gasteiger partial charge in [0, 0.05) is 6.54 Å². The lowest BCUT2D eigenvalue weighted by molar-refractivity contribution is -0.120. The summed E-state index contributed by atoms with van der Waals surface area (Å²) in [4.78, 5) is 23.3. The summed E-state index contributed by atoms with van der Waals surface area (Å²) in [6.07, 6.45) is 2.06. The number of carbonyl (C=O) groups is 2. The fraction of sp³-hybridized carbons (Fsp3) is 0.250. The first-order valence-electron chi connectivity index (χ1n) is 6.91. The molecule has 1 aromatic heterocycles. The molecule has 2 N–H and O–H groups in total. The van der Waals surface area contributed by atoms with Crippen LogP contribution in [-0.4, -0.2) is 32.0 Å². The van der Waals surface area contributed by atoms with Crippen molar-refractivity contribution in [1.82, 2.24) is 10.6 Å². The summed E-state index contributed by atoms with van der Waals surface area (Å²) in [5.41, 5.74) is 1.02. The number of nitrogens with one attached hydrogen (secondary N) is 2. The molecular formula is C16H18N2O4. The third-order valence-corrected chi connectivity index (χ3v) is 3.06. The predicted octanol–water partition coefficient (Wildman–Crippen LogP) is 1.38. The van der Waals surface area contributed by atoms with Crippen LogP contribution in [0.3, 0.4) is 0 Å². The molecule has 22 heavy (non-hydrogen) atoms. The van der Waals surface area contributed by atoms with Crippen molar-refractivity contribution in [3.63, 3.8) is 0 Å². The van der Waals surface area contributed by atoms with Gasteiger partial charge >= 0.3 is 0 Å². The summed E-state index contributed by atoms with van der Waals surface area (Å²) < 4.78 is 10.2. The average Bonchev–Trinajstić information content (AvgIpc) is 3.07. The third kappa shape index (κ3) is 4.37. The number of carbonyl (C=O) groups excluding carboxylic acids is 2. The Morgan fingerprint density at radius 1 is 1.14 bits per heavy atom. The molecule has 6 heteroatoms. The van der Waals surface area contributed by atoms with Gasteiger partial charge < -0.3 is 19.8 Å². The predicted molar refractivity (Wildman–Crippen MR) is 80.7 cm³/mol. The highest BCUT2D eigenvalue weighted by atomic mass is 16.5. The maximum absolute atomic E-state index is 11.7. The number of amides is 2. The zero-order valence-electron chi connectivity index (χ0n) is 12.3. The van der Waals surface area contributed by atoms with Gasteiger partial charge in [0.15, 0.2) is 5.76 Å². The molecule has 0 fully saturated rings. The Morgan fingerprint density at radius 2 is 1.95 bits per heavy atom. The largest absolute Gasteiger partial charge is 0.496 e. The van der Waals surface area contributed by atoms with E-state index in [1.165, 1.54) is 12.3 Å². The fourth-order valence-electron chi connectivity index (χ4n) is 1.96. The molecule has 0 aliphatic carbocycles. The zero-order valence-corrected chi connectivity index (χ0v) is 12.3. The molecule has 2 rings (SSSR count). The molecule has 0 unspecified atom stereocenters. The molecule has 0 spiro atoms. The summed E-state index contributed by atoms with van der Waals surface area (Å²) in [6, 6.07) is 10.8. The second-order valence-corrected chi connectivity index (χ2v) is 4.57. The van der Waals surface area contributed by atoms with E-state index in [0.29, 0.717) is 13.0 Å². The van der Waals surface area contributed by atoms with Crippen LogP contribution < -0.4 is 15.4 Å². The molecule has 0 aliphatic rings. The van der Waals surface area contributed by atoms with Crippen LogP contribution in [-0.2, 0) is 11.2 Å². The topological polar surface area (TPSA) is 80.6 Å². The van der Waals surface area contributed by atoms with Gasteiger partial charge in [-0.3, -0.25) is 9.59 Å². The van der Waals surface area contributed by atoms with E-state index >= 15 is 0 Å². The number of methoxy groups -OCH3 is 1. The first-order valence-corrected chi connectivity index (χ1v) is 6.91. The third-order valence-electron chi connectivity index (χ3n) is 3.06. The molecule has 116 valence electrons. The van der Waals surface area contributed by atoms with Crippen LogP contribution in [0.25, 0.3) is 0 Å². The number of hydrogen-bond donors (Lipinski definition) is 2. The molecule has 2 aromatic rings. The van der Waals surface area contributed by atoms with Gasteiger partial charge in [-0.25, -0.2) is 0 Å². The zero-order chi connectivity index (χ0) is 15.8. The monoisotopic (exact) mass is 302 g/mol. The minimum Gasteiger partial charge on any atom is -0.496 e. The van der Waals surface area contributed by atoms with Crippen molar-refractivity contribution in [2.75, 3.05) is 20.2 Å². The van der Waals surface area contributed by atoms with E-state index in [4.69, 9.17) is 9.15 Å². The van der Waals surface area contributed by atoms with Crippen molar-refractivity contribution >= 4 is 11.8 Å². The standard InChI is InChI=1S/C16H18N2O4/c1-21-13-6-3-2-5-12(13)8-9-17-15(19)11-18-16(20)14-7-4-10-22-14/h2-7,10H,8-9,11H2,1H3,(H,17,19)(H,18,20). The number of rotatable bonds is 7. The van der Waals surface area contributed by atoms with Gasteiger partial charge in [-0.2, -0.15) is 0 Å². The lowest BCUT2D eigenvalue weighted by Crippen LogP contribution is -2.37. The summed E-state index contributed by atoms with van der Waals surface area (Å²) in [7, 11) is 1.61. The molecule has 0 saturated carbocycles. The summed E-state index contributed by atoms with van der Waals surface area (Å²) in [5, 5.41) is 5.23. The number of hydrogen-bond acceptors (Lipinski definition) is 4. The maximum atomic E-state index is 11.7. The first-order chi connectivity index (χ1) is 10.7. The lowest BCUT2D eigenvalue weighted by Gasteiger charge is -2.09. The van der Waals surface area contributed by atoms with E-state index in [9.17, 15) is 9.59 Å². The van der Waals surface area contributed by atoms with Crippen molar-refractivity contribution in [3.05, 3.63) is 54.0 Å². The van der Waals surface area contributed by atoms with Gasteiger partial charge in [0.1, 0.15) is 5.75 Å². The molecule has 0 saturated heterocycles. The Labute approximate surface area is 128 Å². The van der Waals surface area contributed by atoms with Gasteiger partial charge in [-0.05, 0) is 30.2 Å². The van der Waals surface area contributed by atoms with E-state index in [0.717, 1.165) is 11.3 Å². The molecular weight excluding hydrogens is 284 g/mol. The minimum absolute atomic E-state index is 0.0918. The summed E-state index contributed by atoms with van der Waals surface area (Å²) in [5.74, 6) is 0.310. The van der Waals surface area contributed by atoms with Crippen molar-refractivity contribution in [1.29, 1.82) is 0 Å². The van der Waals surface area contributed by atoms with Gasteiger partial charge in [0.05, 0.1) is 19.9 Å². The van der Waals surface area contributed by atoms with Gasteiger partial charge in [0.2, 0.25) is 5.91 Å². The quantitative estimate of drug-likeness (QED) is 0.809. The summed E-state index contributed by atoms with van der Waals surface area (Å²) >= 11 is 0. The average molecular weight is 302 g/mol. The smallest absolute Gasteiger partial charge is 0.287 e. The Bertz CT molecular complexity index is 623. The van der Waals surface area contributed by atoms with Crippen LogP contribution in [0.5, 0.6) is 5.75 Å². The van der Waals surface area contributed by atoms with Gasteiger partial charge in [-0.1, -0.05) is 18.2 Å². The fourth-order valence-corrected chi connectivity index (χ4v) is 1.96. The number of benzene rings is 1. The Balaban J connectivity index is 1.71. The van der Waals surface area contributed by atoms with Gasteiger partial charge in [0.25, 0.3) is 5.91 Å². The lowest BCUT2D eigenvalue weighted by atomic mass is 10.1. The van der Waals surface area contributed by atoms with Crippen molar-refractivity contribution in [3.8, 4) is 5.75 Å². The van der Waals surface area contributed by atoms with E-state index in [1.807, 2.05) is 24.3 Å². The van der Waals surface area contributed by atoms with E-state index in [2.05, 4.69) is 10.6 Å². The van der Waals surface area contributed by atoms with Crippen molar-refractivity contribution in [2.45, 2.75) is 6.42 Å². The Hall–Kier alpha value is -2.76.